The predicted molar refractivity (Wildman–Crippen MR) is 82.9 cm³/mol. The molecule has 24 heavy (non-hydrogen) atoms. The average molecular weight is 381 g/mol. The van der Waals surface area contributed by atoms with Crippen molar-refractivity contribution in [3.8, 4) is 5.82 Å². The molecule has 0 spiro atoms. The molecule has 0 atom stereocenters. The van der Waals surface area contributed by atoms with Crippen molar-refractivity contribution >= 4 is 28.0 Å². The van der Waals surface area contributed by atoms with Gasteiger partial charge >= 0.3 is 6.18 Å². The average Bonchev–Trinajstić information content (AvgIpc) is 2.94. The van der Waals surface area contributed by atoms with Crippen molar-refractivity contribution in [2.75, 3.05) is 14.1 Å². The molecule has 11 heteroatoms. The maximum atomic E-state index is 12.7. The molecule has 0 saturated heterocycles. The molecule has 0 radical (unpaired) electrons. The van der Waals surface area contributed by atoms with Crippen molar-refractivity contribution in [3.05, 3.63) is 41.2 Å². The van der Waals surface area contributed by atoms with E-state index in [1.54, 1.807) is 14.1 Å². The van der Waals surface area contributed by atoms with Gasteiger partial charge in [-0.2, -0.15) is 21.6 Å². The standard InChI is InChI=1S/C13H12ClF3N4O2S/c1-20(2)8-19-24(22,23)11-4-3-5-21(11)12-10(14)6-9(7-18-12)13(15,16)17/h3-8H,1-2H3/b19-8+. The Kier molecular flexibility index (Phi) is 4.90. The molecule has 130 valence electrons. The fourth-order valence-corrected chi connectivity index (χ4v) is 3.05. The monoisotopic (exact) mass is 380 g/mol. The molecule has 0 aliphatic rings. The van der Waals surface area contributed by atoms with E-state index in [2.05, 4.69) is 9.38 Å². The van der Waals surface area contributed by atoms with Crippen molar-refractivity contribution in [2.45, 2.75) is 11.2 Å². The van der Waals surface area contributed by atoms with Gasteiger partial charge in [-0.05, 0) is 18.2 Å². The Balaban J connectivity index is 2.52. The maximum Gasteiger partial charge on any atom is 0.417 e. The van der Waals surface area contributed by atoms with E-state index in [9.17, 15) is 21.6 Å². The van der Waals surface area contributed by atoms with Crippen molar-refractivity contribution in [1.82, 2.24) is 14.5 Å². The molecule has 2 aromatic heterocycles. The maximum absolute atomic E-state index is 12.7. The van der Waals surface area contributed by atoms with Gasteiger partial charge < -0.3 is 4.90 Å². The van der Waals surface area contributed by atoms with E-state index in [1.165, 1.54) is 23.2 Å². The second kappa shape index (κ2) is 6.44. The van der Waals surface area contributed by atoms with Crippen molar-refractivity contribution in [3.63, 3.8) is 0 Å². The second-order valence-corrected chi connectivity index (χ2v) is 6.89. The minimum atomic E-state index is -4.60. The molecule has 2 rings (SSSR count). The molecule has 0 aliphatic heterocycles. The molecule has 0 bridgehead atoms. The van der Waals surface area contributed by atoms with Crippen LogP contribution in [0.4, 0.5) is 13.2 Å². The highest BCUT2D eigenvalue weighted by Gasteiger charge is 2.32. The van der Waals surface area contributed by atoms with Gasteiger partial charge in [-0.1, -0.05) is 11.6 Å². The van der Waals surface area contributed by atoms with Crippen LogP contribution in [0.2, 0.25) is 5.02 Å². The number of pyridine rings is 1. The summed E-state index contributed by atoms with van der Waals surface area (Å²) >= 11 is 5.85. The Morgan fingerprint density at radius 2 is 2.04 bits per heavy atom. The molecule has 0 unspecified atom stereocenters. The van der Waals surface area contributed by atoms with E-state index >= 15 is 0 Å². The Morgan fingerprint density at radius 3 is 2.58 bits per heavy atom. The van der Waals surface area contributed by atoms with Gasteiger partial charge in [0.2, 0.25) is 0 Å². The lowest BCUT2D eigenvalue weighted by Crippen LogP contribution is -2.13. The summed E-state index contributed by atoms with van der Waals surface area (Å²) in [5.74, 6) is -0.145. The summed E-state index contributed by atoms with van der Waals surface area (Å²) in [7, 11) is -0.897. The zero-order chi connectivity index (χ0) is 18.1. The molecule has 2 aromatic rings. The lowest BCUT2D eigenvalue weighted by molar-refractivity contribution is -0.137. The molecule has 0 amide bonds. The van der Waals surface area contributed by atoms with Crippen LogP contribution in [0, 0.1) is 0 Å². The van der Waals surface area contributed by atoms with Crippen LogP contribution in [0.1, 0.15) is 5.56 Å². The number of halogens is 4. The fourth-order valence-electron chi connectivity index (χ4n) is 1.72. The highest BCUT2D eigenvalue weighted by molar-refractivity contribution is 7.90. The largest absolute Gasteiger partial charge is 0.417 e. The number of sulfonamides is 1. The summed E-state index contributed by atoms with van der Waals surface area (Å²) < 4.78 is 67.0. The summed E-state index contributed by atoms with van der Waals surface area (Å²) in [6.45, 7) is 0. The summed E-state index contributed by atoms with van der Waals surface area (Å²) in [5.41, 5.74) is -1.03. The molecule has 0 saturated carbocycles. The molecular formula is C13H12ClF3N4O2S. The first-order valence-electron chi connectivity index (χ1n) is 6.40. The van der Waals surface area contributed by atoms with Crippen LogP contribution in [0.15, 0.2) is 40.0 Å². The van der Waals surface area contributed by atoms with Crippen molar-refractivity contribution in [1.29, 1.82) is 0 Å². The van der Waals surface area contributed by atoms with Crippen LogP contribution in [-0.4, -0.2) is 43.3 Å². The zero-order valence-corrected chi connectivity index (χ0v) is 14.1. The topological polar surface area (TPSA) is 67.6 Å². The highest BCUT2D eigenvalue weighted by Crippen LogP contribution is 2.32. The number of aromatic nitrogens is 2. The van der Waals surface area contributed by atoms with Gasteiger partial charge in [-0.3, -0.25) is 4.57 Å². The van der Waals surface area contributed by atoms with Crippen LogP contribution in [0.3, 0.4) is 0 Å². The Morgan fingerprint density at radius 1 is 1.38 bits per heavy atom. The van der Waals surface area contributed by atoms with Crippen molar-refractivity contribution < 1.29 is 21.6 Å². The third-order valence-corrected chi connectivity index (χ3v) is 4.28. The molecule has 2 heterocycles. The molecule has 0 aliphatic carbocycles. The lowest BCUT2D eigenvalue weighted by Gasteiger charge is -2.12. The first-order chi connectivity index (χ1) is 11.0. The fraction of sp³-hybridized carbons (Fsp3) is 0.231. The van der Waals surface area contributed by atoms with E-state index in [4.69, 9.17) is 11.6 Å². The summed E-state index contributed by atoms with van der Waals surface area (Å²) in [5, 5.41) is -0.608. The molecule has 6 nitrogen and oxygen atoms in total. The van der Waals surface area contributed by atoms with E-state index in [-0.39, 0.29) is 15.9 Å². The Bertz CT molecular complexity index is 876. The van der Waals surface area contributed by atoms with Gasteiger partial charge in [0, 0.05) is 26.5 Å². The molecule has 0 fully saturated rings. The molecular weight excluding hydrogens is 369 g/mol. The third kappa shape index (κ3) is 3.88. The predicted octanol–water partition coefficient (Wildman–Crippen LogP) is 2.82. The summed E-state index contributed by atoms with van der Waals surface area (Å²) in [6, 6.07) is 3.33. The smallest absolute Gasteiger partial charge is 0.368 e. The van der Waals surface area contributed by atoms with Gasteiger partial charge in [0.05, 0.1) is 10.6 Å². The van der Waals surface area contributed by atoms with Gasteiger partial charge in [-0.25, -0.2) is 4.98 Å². The third-order valence-electron chi connectivity index (χ3n) is 2.77. The van der Waals surface area contributed by atoms with Gasteiger partial charge in [0.15, 0.2) is 10.8 Å². The van der Waals surface area contributed by atoms with Crippen molar-refractivity contribution in [2.24, 2.45) is 4.40 Å². The van der Waals surface area contributed by atoms with Crippen LogP contribution in [0.5, 0.6) is 0 Å². The number of nitrogens with zero attached hydrogens (tertiary/aromatic N) is 4. The van der Waals surface area contributed by atoms with Crippen LogP contribution >= 0.6 is 11.6 Å². The Labute approximate surface area is 141 Å². The summed E-state index contributed by atoms with van der Waals surface area (Å²) in [6.07, 6.45) is -1.61. The van der Waals surface area contributed by atoms with E-state index in [0.29, 0.717) is 12.3 Å². The van der Waals surface area contributed by atoms with Gasteiger partial charge in [0.1, 0.15) is 6.34 Å². The SMILES string of the molecule is CN(C)/C=N/S(=O)(=O)c1cccn1-c1ncc(C(F)(F)F)cc1Cl. The normalized spacial score (nSPS) is 12.8. The Hall–Kier alpha value is -2.07. The minimum absolute atomic E-state index is 0.145. The summed E-state index contributed by atoms with van der Waals surface area (Å²) in [4.78, 5) is 5.07. The second-order valence-electron chi connectivity index (χ2n) is 4.90. The number of rotatable bonds is 4. The van der Waals surface area contributed by atoms with Crippen LogP contribution in [-0.2, 0) is 16.2 Å². The first kappa shape index (κ1) is 18.3. The van der Waals surface area contributed by atoms with E-state index < -0.39 is 21.8 Å². The quantitative estimate of drug-likeness (QED) is 0.604. The number of hydrogen-bond acceptors (Lipinski definition) is 3. The first-order valence-corrected chi connectivity index (χ1v) is 8.21. The highest BCUT2D eigenvalue weighted by atomic mass is 35.5. The molecule has 0 aromatic carbocycles. The van der Waals surface area contributed by atoms with Crippen LogP contribution in [0.25, 0.3) is 5.82 Å². The van der Waals surface area contributed by atoms with Gasteiger partial charge in [0.25, 0.3) is 10.0 Å². The lowest BCUT2D eigenvalue weighted by atomic mass is 10.3. The molecule has 0 N–H and O–H groups in total. The zero-order valence-electron chi connectivity index (χ0n) is 12.5. The van der Waals surface area contributed by atoms with Gasteiger partial charge in [-0.15, -0.1) is 4.40 Å². The minimum Gasteiger partial charge on any atom is -0.368 e. The number of alkyl halides is 3. The number of hydrogen-bond donors (Lipinski definition) is 0. The van der Waals surface area contributed by atoms with E-state index in [1.807, 2.05) is 0 Å². The van der Waals surface area contributed by atoms with Crippen LogP contribution < -0.4 is 0 Å². The van der Waals surface area contributed by atoms with E-state index in [0.717, 1.165) is 10.9 Å².